The molecule has 0 radical (unpaired) electrons. The number of anilines is 2. The Morgan fingerprint density at radius 2 is 1.49 bits per heavy atom. The van der Waals surface area contributed by atoms with Crippen LogP contribution >= 0.6 is 11.8 Å². The third-order valence-corrected chi connectivity index (χ3v) is 7.86. The average Bonchev–Trinajstić information content (AvgIpc) is 3.40. The zero-order valence-corrected chi connectivity index (χ0v) is 25.1. The Morgan fingerprint density at radius 1 is 0.837 bits per heavy atom. The van der Waals surface area contributed by atoms with Gasteiger partial charge in [-0.15, -0.1) is 10.2 Å². The minimum Gasteiger partial charge on any atom is -0.494 e. The number of aryl methyl sites for hydroxylation is 1. The van der Waals surface area contributed by atoms with Gasteiger partial charge in [0.25, 0.3) is 5.91 Å². The fourth-order valence-electron chi connectivity index (χ4n) is 4.48. The molecule has 1 unspecified atom stereocenters. The van der Waals surface area contributed by atoms with Gasteiger partial charge in [0, 0.05) is 22.5 Å². The van der Waals surface area contributed by atoms with E-state index in [1.165, 1.54) is 11.8 Å². The molecule has 9 heteroatoms. The number of nitrogens with one attached hydrogen (secondary N) is 2. The Kier molecular flexibility index (Phi) is 9.53. The summed E-state index contributed by atoms with van der Waals surface area (Å²) < 4.78 is 7.50. The van der Waals surface area contributed by atoms with E-state index >= 15 is 0 Å². The highest BCUT2D eigenvalue weighted by molar-refractivity contribution is 8.00. The zero-order chi connectivity index (χ0) is 30.2. The maximum Gasteiger partial charge on any atom is 0.255 e. The first-order valence-corrected chi connectivity index (χ1v) is 14.9. The van der Waals surface area contributed by atoms with Gasteiger partial charge >= 0.3 is 0 Å². The Bertz CT molecular complexity index is 1690. The highest BCUT2D eigenvalue weighted by Crippen LogP contribution is 2.29. The Balaban J connectivity index is 1.34. The number of nitrogens with zero attached hydrogens (tertiary/aromatic N) is 3. The van der Waals surface area contributed by atoms with E-state index < -0.39 is 5.25 Å². The molecule has 43 heavy (non-hydrogen) atoms. The Labute approximate surface area is 255 Å². The number of amides is 2. The summed E-state index contributed by atoms with van der Waals surface area (Å²) in [5, 5.41) is 15.1. The first-order chi connectivity index (χ1) is 20.9. The number of benzene rings is 4. The van der Waals surface area contributed by atoms with Crippen molar-refractivity contribution in [2.24, 2.45) is 0 Å². The van der Waals surface area contributed by atoms with Crippen molar-refractivity contribution in [3.63, 3.8) is 0 Å². The SMILES string of the molecule is CCOc1ccc(NC(=O)C(C)Sc2nnc(-c3ccc(NC(=O)c4ccccc4C)cc3)n2Cc2ccccc2)cc1. The van der Waals surface area contributed by atoms with Gasteiger partial charge in [-0.3, -0.25) is 14.2 Å². The summed E-state index contributed by atoms with van der Waals surface area (Å²) in [6.45, 7) is 6.81. The molecule has 5 aromatic rings. The third-order valence-electron chi connectivity index (χ3n) is 6.78. The molecular formula is C34H33N5O3S. The minimum atomic E-state index is -0.433. The van der Waals surface area contributed by atoms with Gasteiger partial charge in [0.2, 0.25) is 5.91 Å². The fourth-order valence-corrected chi connectivity index (χ4v) is 5.33. The Morgan fingerprint density at radius 3 is 2.19 bits per heavy atom. The van der Waals surface area contributed by atoms with Crippen LogP contribution in [0.1, 0.15) is 35.3 Å². The topological polar surface area (TPSA) is 98.1 Å². The molecule has 2 amide bonds. The van der Waals surface area contributed by atoms with Crippen LogP contribution in [0.4, 0.5) is 11.4 Å². The molecule has 1 heterocycles. The lowest BCUT2D eigenvalue weighted by molar-refractivity contribution is -0.115. The highest BCUT2D eigenvalue weighted by atomic mass is 32.2. The number of hydrogen-bond donors (Lipinski definition) is 2. The molecule has 218 valence electrons. The van der Waals surface area contributed by atoms with Gasteiger partial charge in [-0.05, 0) is 86.5 Å². The van der Waals surface area contributed by atoms with E-state index in [1.807, 2.05) is 128 Å². The quantitative estimate of drug-likeness (QED) is 0.159. The number of ether oxygens (including phenoxy) is 1. The fraction of sp³-hybridized carbons (Fsp3) is 0.176. The van der Waals surface area contributed by atoms with E-state index in [2.05, 4.69) is 20.8 Å². The van der Waals surface area contributed by atoms with E-state index in [0.29, 0.717) is 41.1 Å². The lowest BCUT2D eigenvalue weighted by Crippen LogP contribution is -2.23. The normalized spacial score (nSPS) is 11.5. The minimum absolute atomic E-state index is 0.140. The van der Waals surface area contributed by atoms with Crippen molar-refractivity contribution in [3.05, 3.63) is 120 Å². The van der Waals surface area contributed by atoms with Gasteiger partial charge in [0.05, 0.1) is 18.4 Å². The van der Waals surface area contributed by atoms with Gasteiger partial charge in [-0.2, -0.15) is 0 Å². The van der Waals surface area contributed by atoms with Gasteiger partial charge in [-0.25, -0.2) is 0 Å². The molecule has 0 saturated carbocycles. The molecule has 0 bridgehead atoms. The van der Waals surface area contributed by atoms with E-state index in [9.17, 15) is 9.59 Å². The van der Waals surface area contributed by atoms with Gasteiger partial charge in [0.15, 0.2) is 11.0 Å². The number of carbonyl (C=O) groups excluding carboxylic acids is 2. The summed E-state index contributed by atoms with van der Waals surface area (Å²) in [5.41, 5.74) is 4.85. The number of carbonyl (C=O) groups is 2. The van der Waals surface area contributed by atoms with Gasteiger partial charge in [0.1, 0.15) is 5.75 Å². The number of thioether (sulfide) groups is 1. The summed E-state index contributed by atoms with van der Waals surface area (Å²) in [4.78, 5) is 25.9. The number of hydrogen-bond acceptors (Lipinski definition) is 6. The van der Waals surface area contributed by atoms with Crippen LogP contribution in [0, 0.1) is 6.92 Å². The van der Waals surface area contributed by atoms with Crippen LogP contribution in [0.15, 0.2) is 108 Å². The van der Waals surface area contributed by atoms with Crippen LogP contribution in [-0.4, -0.2) is 38.4 Å². The van der Waals surface area contributed by atoms with E-state index in [4.69, 9.17) is 4.74 Å². The average molecular weight is 592 g/mol. The molecule has 0 aliphatic heterocycles. The Hall–Kier alpha value is -4.89. The molecule has 0 fully saturated rings. The molecule has 8 nitrogen and oxygen atoms in total. The van der Waals surface area contributed by atoms with E-state index in [-0.39, 0.29) is 11.8 Å². The molecule has 5 rings (SSSR count). The summed E-state index contributed by atoms with van der Waals surface area (Å²) in [7, 11) is 0. The van der Waals surface area contributed by atoms with Crippen LogP contribution < -0.4 is 15.4 Å². The molecule has 0 saturated heterocycles. The second-order valence-electron chi connectivity index (χ2n) is 9.93. The van der Waals surface area contributed by atoms with Crippen molar-refractivity contribution in [1.82, 2.24) is 14.8 Å². The number of rotatable bonds is 11. The van der Waals surface area contributed by atoms with Crippen molar-refractivity contribution in [2.75, 3.05) is 17.2 Å². The summed E-state index contributed by atoms with van der Waals surface area (Å²) >= 11 is 1.35. The van der Waals surface area contributed by atoms with Crippen LogP contribution in [-0.2, 0) is 11.3 Å². The van der Waals surface area contributed by atoms with Crippen LogP contribution in [0.5, 0.6) is 5.75 Å². The van der Waals surface area contributed by atoms with E-state index in [0.717, 1.165) is 22.4 Å². The maximum atomic E-state index is 13.1. The van der Waals surface area contributed by atoms with Crippen molar-refractivity contribution >= 4 is 35.0 Å². The lowest BCUT2D eigenvalue weighted by Gasteiger charge is -2.14. The number of aromatic nitrogens is 3. The first-order valence-electron chi connectivity index (χ1n) is 14.1. The van der Waals surface area contributed by atoms with Crippen molar-refractivity contribution in [2.45, 2.75) is 37.7 Å². The molecule has 0 spiro atoms. The highest BCUT2D eigenvalue weighted by Gasteiger charge is 2.21. The zero-order valence-electron chi connectivity index (χ0n) is 24.3. The van der Waals surface area contributed by atoms with Crippen molar-refractivity contribution in [1.29, 1.82) is 0 Å². The van der Waals surface area contributed by atoms with E-state index in [1.54, 1.807) is 0 Å². The predicted octanol–water partition coefficient (Wildman–Crippen LogP) is 7.07. The second-order valence-corrected chi connectivity index (χ2v) is 11.2. The van der Waals surface area contributed by atoms with Crippen LogP contribution in [0.2, 0.25) is 0 Å². The molecule has 0 aliphatic rings. The van der Waals surface area contributed by atoms with Crippen molar-refractivity contribution in [3.8, 4) is 17.1 Å². The van der Waals surface area contributed by atoms with Gasteiger partial charge < -0.3 is 15.4 Å². The predicted molar refractivity (Wildman–Crippen MR) is 172 cm³/mol. The second kappa shape index (κ2) is 13.8. The standard InChI is InChI=1S/C34H33N5O3S/c1-4-42-29-20-18-28(19-21-29)35-32(40)24(3)43-34-38-37-31(39(34)22-25-11-6-5-7-12-25)26-14-16-27(17-15-26)36-33(41)30-13-9-8-10-23(30)2/h5-21,24H,4,22H2,1-3H3,(H,35,40)(H,36,41). The van der Waals surface area contributed by atoms with Crippen LogP contribution in [0.3, 0.4) is 0 Å². The molecular weight excluding hydrogens is 558 g/mol. The lowest BCUT2D eigenvalue weighted by atomic mass is 10.1. The third kappa shape index (κ3) is 7.50. The summed E-state index contributed by atoms with van der Waals surface area (Å²) in [6, 6.07) is 32.4. The first kappa shape index (κ1) is 29.6. The molecule has 0 aliphatic carbocycles. The maximum absolute atomic E-state index is 13.1. The molecule has 1 atom stereocenters. The smallest absolute Gasteiger partial charge is 0.255 e. The van der Waals surface area contributed by atoms with Crippen LogP contribution in [0.25, 0.3) is 11.4 Å². The van der Waals surface area contributed by atoms with Gasteiger partial charge in [-0.1, -0.05) is 60.3 Å². The monoisotopic (exact) mass is 591 g/mol. The largest absolute Gasteiger partial charge is 0.494 e. The molecule has 1 aromatic heterocycles. The van der Waals surface area contributed by atoms with Crippen molar-refractivity contribution < 1.29 is 14.3 Å². The summed E-state index contributed by atoms with van der Waals surface area (Å²) in [6.07, 6.45) is 0. The summed E-state index contributed by atoms with van der Waals surface area (Å²) in [5.74, 6) is 1.13. The molecule has 4 aromatic carbocycles. The molecule has 2 N–H and O–H groups in total.